The quantitative estimate of drug-likeness (QED) is 0.881. The van der Waals surface area contributed by atoms with Gasteiger partial charge < -0.3 is 10.6 Å². The molecule has 98 valence electrons. The molecular weight excluding hydrogens is 238 g/mol. The van der Waals surface area contributed by atoms with Gasteiger partial charge in [-0.05, 0) is 42.8 Å². The van der Waals surface area contributed by atoms with Crippen LogP contribution in [0.1, 0.15) is 21.6 Å². The highest BCUT2D eigenvalue weighted by Gasteiger charge is 2.04. The first kappa shape index (κ1) is 13.1. The number of hydrogen-bond donors (Lipinski definition) is 2. The van der Waals surface area contributed by atoms with Gasteiger partial charge in [-0.25, -0.2) is 0 Å². The number of aromatic nitrogens is 1. The molecule has 19 heavy (non-hydrogen) atoms. The SMILES string of the molecule is CNc1ccc(C(=O)NCc2ccc(C)nc2)cc1. The number of nitrogens with one attached hydrogen (secondary N) is 2. The Kier molecular flexibility index (Phi) is 4.13. The molecule has 0 bridgehead atoms. The van der Waals surface area contributed by atoms with Crippen LogP contribution in [0.2, 0.25) is 0 Å². The minimum Gasteiger partial charge on any atom is -0.388 e. The normalized spacial score (nSPS) is 10.0. The first-order valence-corrected chi connectivity index (χ1v) is 6.16. The molecule has 0 aliphatic rings. The summed E-state index contributed by atoms with van der Waals surface area (Å²) in [6.07, 6.45) is 1.78. The fraction of sp³-hybridized carbons (Fsp3) is 0.200. The first-order valence-electron chi connectivity index (χ1n) is 6.16. The van der Waals surface area contributed by atoms with Crippen molar-refractivity contribution in [2.24, 2.45) is 0 Å². The largest absolute Gasteiger partial charge is 0.388 e. The van der Waals surface area contributed by atoms with Crippen LogP contribution < -0.4 is 10.6 Å². The second kappa shape index (κ2) is 6.00. The Morgan fingerprint density at radius 1 is 1.16 bits per heavy atom. The number of anilines is 1. The van der Waals surface area contributed by atoms with Crippen LogP contribution in [0.15, 0.2) is 42.6 Å². The average molecular weight is 255 g/mol. The molecule has 0 saturated heterocycles. The second-order valence-electron chi connectivity index (χ2n) is 4.32. The van der Waals surface area contributed by atoms with Crippen molar-refractivity contribution in [2.75, 3.05) is 12.4 Å². The van der Waals surface area contributed by atoms with E-state index in [0.717, 1.165) is 16.9 Å². The summed E-state index contributed by atoms with van der Waals surface area (Å²) in [5.41, 5.74) is 3.60. The molecule has 1 heterocycles. The Hall–Kier alpha value is -2.36. The van der Waals surface area contributed by atoms with Gasteiger partial charge in [-0.1, -0.05) is 6.07 Å². The Labute approximate surface area is 112 Å². The van der Waals surface area contributed by atoms with Crippen molar-refractivity contribution in [3.63, 3.8) is 0 Å². The van der Waals surface area contributed by atoms with Crippen LogP contribution in [-0.4, -0.2) is 17.9 Å². The molecule has 0 saturated carbocycles. The number of aryl methyl sites for hydroxylation is 1. The summed E-state index contributed by atoms with van der Waals surface area (Å²) >= 11 is 0. The molecule has 0 spiro atoms. The summed E-state index contributed by atoms with van der Waals surface area (Å²) in [4.78, 5) is 16.1. The lowest BCUT2D eigenvalue weighted by Crippen LogP contribution is -2.22. The highest BCUT2D eigenvalue weighted by atomic mass is 16.1. The van der Waals surface area contributed by atoms with Gasteiger partial charge in [0.25, 0.3) is 5.91 Å². The van der Waals surface area contributed by atoms with Crippen molar-refractivity contribution < 1.29 is 4.79 Å². The van der Waals surface area contributed by atoms with Crippen LogP contribution in [0.25, 0.3) is 0 Å². The van der Waals surface area contributed by atoms with Gasteiger partial charge >= 0.3 is 0 Å². The summed E-state index contributed by atoms with van der Waals surface area (Å²) in [7, 11) is 1.85. The number of nitrogens with zero attached hydrogens (tertiary/aromatic N) is 1. The van der Waals surface area contributed by atoms with Crippen molar-refractivity contribution in [1.82, 2.24) is 10.3 Å². The lowest BCUT2D eigenvalue weighted by atomic mass is 10.2. The number of benzene rings is 1. The molecule has 1 aromatic carbocycles. The monoisotopic (exact) mass is 255 g/mol. The number of amides is 1. The van der Waals surface area contributed by atoms with E-state index in [-0.39, 0.29) is 5.91 Å². The predicted octanol–water partition coefficient (Wildman–Crippen LogP) is 2.36. The second-order valence-corrected chi connectivity index (χ2v) is 4.32. The van der Waals surface area contributed by atoms with Crippen LogP contribution in [0.5, 0.6) is 0 Å². The van der Waals surface area contributed by atoms with Crippen molar-refractivity contribution >= 4 is 11.6 Å². The van der Waals surface area contributed by atoms with E-state index < -0.39 is 0 Å². The van der Waals surface area contributed by atoms with E-state index in [1.54, 1.807) is 18.3 Å². The highest BCUT2D eigenvalue weighted by molar-refractivity contribution is 5.94. The first-order chi connectivity index (χ1) is 9.19. The third-order valence-corrected chi connectivity index (χ3v) is 2.86. The maximum Gasteiger partial charge on any atom is 0.251 e. The number of pyridine rings is 1. The summed E-state index contributed by atoms with van der Waals surface area (Å²) in [6.45, 7) is 2.42. The van der Waals surface area contributed by atoms with Gasteiger partial charge in [0.2, 0.25) is 0 Å². The van der Waals surface area contributed by atoms with E-state index >= 15 is 0 Å². The molecule has 1 amide bonds. The third kappa shape index (κ3) is 3.55. The Morgan fingerprint density at radius 3 is 2.47 bits per heavy atom. The number of hydrogen-bond acceptors (Lipinski definition) is 3. The zero-order valence-corrected chi connectivity index (χ0v) is 11.1. The van der Waals surface area contributed by atoms with Crippen LogP contribution in [0, 0.1) is 6.92 Å². The summed E-state index contributed by atoms with van der Waals surface area (Å²) in [5, 5.41) is 5.89. The van der Waals surface area contributed by atoms with Gasteiger partial charge in [-0.3, -0.25) is 9.78 Å². The molecule has 0 atom stereocenters. The summed E-state index contributed by atoms with van der Waals surface area (Å²) in [6, 6.07) is 11.3. The van der Waals surface area contributed by atoms with E-state index in [1.165, 1.54) is 0 Å². The van der Waals surface area contributed by atoms with Crippen molar-refractivity contribution in [1.29, 1.82) is 0 Å². The van der Waals surface area contributed by atoms with E-state index in [4.69, 9.17) is 0 Å². The molecule has 0 fully saturated rings. The molecule has 4 heteroatoms. The van der Waals surface area contributed by atoms with Crippen molar-refractivity contribution in [3.05, 3.63) is 59.4 Å². The maximum atomic E-state index is 11.9. The molecular formula is C15H17N3O. The molecule has 0 aliphatic carbocycles. The van der Waals surface area contributed by atoms with Crippen LogP contribution in [0.3, 0.4) is 0 Å². The van der Waals surface area contributed by atoms with Gasteiger partial charge in [0, 0.05) is 36.7 Å². The average Bonchev–Trinajstić information content (AvgIpc) is 2.46. The molecule has 2 rings (SSSR count). The lowest BCUT2D eigenvalue weighted by Gasteiger charge is -2.06. The van der Waals surface area contributed by atoms with Crippen molar-refractivity contribution in [3.8, 4) is 0 Å². The van der Waals surface area contributed by atoms with Gasteiger partial charge in [-0.2, -0.15) is 0 Å². The van der Waals surface area contributed by atoms with Crippen molar-refractivity contribution in [2.45, 2.75) is 13.5 Å². The molecule has 0 aliphatic heterocycles. The molecule has 0 unspecified atom stereocenters. The minimum absolute atomic E-state index is 0.0803. The molecule has 1 aromatic heterocycles. The highest BCUT2D eigenvalue weighted by Crippen LogP contribution is 2.08. The van der Waals surface area contributed by atoms with E-state index in [0.29, 0.717) is 12.1 Å². The Balaban J connectivity index is 1.95. The topological polar surface area (TPSA) is 54.0 Å². The zero-order chi connectivity index (χ0) is 13.7. The predicted molar refractivity (Wildman–Crippen MR) is 76.1 cm³/mol. The van der Waals surface area contributed by atoms with Crippen LogP contribution >= 0.6 is 0 Å². The van der Waals surface area contributed by atoms with Gasteiger partial charge in [-0.15, -0.1) is 0 Å². The zero-order valence-electron chi connectivity index (χ0n) is 11.1. The molecule has 0 radical (unpaired) electrons. The fourth-order valence-electron chi connectivity index (χ4n) is 1.68. The van der Waals surface area contributed by atoms with E-state index in [9.17, 15) is 4.79 Å². The number of carbonyl (C=O) groups is 1. The van der Waals surface area contributed by atoms with Gasteiger partial charge in [0.1, 0.15) is 0 Å². The Morgan fingerprint density at radius 2 is 1.89 bits per heavy atom. The van der Waals surface area contributed by atoms with E-state index in [2.05, 4.69) is 15.6 Å². The fourth-order valence-corrected chi connectivity index (χ4v) is 1.68. The summed E-state index contributed by atoms with van der Waals surface area (Å²) < 4.78 is 0. The van der Waals surface area contributed by atoms with Crippen LogP contribution in [-0.2, 0) is 6.54 Å². The molecule has 4 nitrogen and oxygen atoms in total. The molecule has 2 N–H and O–H groups in total. The number of rotatable bonds is 4. The van der Waals surface area contributed by atoms with E-state index in [1.807, 2.05) is 38.2 Å². The van der Waals surface area contributed by atoms with Crippen LogP contribution in [0.4, 0.5) is 5.69 Å². The standard InChI is InChI=1S/C15H17N3O/c1-11-3-4-12(9-17-11)10-18-15(19)13-5-7-14(16-2)8-6-13/h3-9,16H,10H2,1-2H3,(H,18,19). The smallest absolute Gasteiger partial charge is 0.251 e. The third-order valence-electron chi connectivity index (χ3n) is 2.86. The lowest BCUT2D eigenvalue weighted by molar-refractivity contribution is 0.0951. The Bertz CT molecular complexity index is 547. The maximum absolute atomic E-state index is 11.9. The van der Waals surface area contributed by atoms with Gasteiger partial charge in [0.05, 0.1) is 0 Å². The minimum atomic E-state index is -0.0803. The summed E-state index contributed by atoms with van der Waals surface area (Å²) in [5.74, 6) is -0.0803. The molecule has 2 aromatic rings. The number of carbonyl (C=O) groups excluding carboxylic acids is 1. The van der Waals surface area contributed by atoms with Gasteiger partial charge in [0.15, 0.2) is 0 Å².